The summed E-state index contributed by atoms with van der Waals surface area (Å²) in [4.78, 5) is 24.9. The Kier molecular flexibility index (Phi) is 4.65. The van der Waals surface area contributed by atoms with Crippen molar-refractivity contribution in [3.05, 3.63) is 17.5 Å². The second-order valence-electron chi connectivity index (χ2n) is 6.88. The second-order valence-corrected chi connectivity index (χ2v) is 6.88. The lowest BCUT2D eigenvalue weighted by Gasteiger charge is -2.23. The standard InChI is InChI=1S/C15H20F3N3O3/c1-14(2)8-21(7-9(14)4-13(23)24)12(22)6-10-5-11(15(16,17)18)19-20(10)3/h5,9H,4,6-8H2,1-3H3,(H,23,24). The fraction of sp³-hybridized carbons (Fsp3) is 0.667. The van der Waals surface area contributed by atoms with Crippen molar-refractivity contribution in [3.63, 3.8) is 0 Å². The van der Waals surface area contributed by atoms with Gasteiger partial charge in [-0.1, -0.05) is 13.8 Å². The number of likely N-dealkylation sites (tertiary alicyclic amines) is 1. The summed E-state index contributed by atoms with van der Waals surface area (Å²) in [6, 6.07) is 0.869. The number of carboxylic acid groups (broad SMARTS) is 1. The Bertz CT molecular complexity index is 652. The van der Waals surface area contributed by atoms with Gasteiger partial charge in [0, 0.05) is 25.8 Å². The van der Waals surface area contributed by atoms with E-state index in [1.54, 1.807) is 0 Å². The van der Waals surface area contributed by atoms with E-state index in [4.69, 9.17) is 5.11 Å². The lowest BCUT2D eigenvalue weighted by atomic mass is 9.80. The van der Waals surface area contributed by atoms with Crippen molar-refractivity contribution < 1.29 is 27.9 Å². The molecule has 0 spiro atoms. The molecule has 0 aromatic carbocycles. The number of hydrogen-bond donors (Lipinski definition) is 1. The quantitative estimate of drug-likeness (QED) is 0.903. The molecular weight excluding hydrogens is 327 g/mol. The van der Waals surface area contributed by atoms with E-state index in [9.17, 15) is 22.8 Å². The molecule has 2 rings (SSSR count). The van der Waals surface area contributed by atoms with Crippen LogP contribution >= 0.6 is 0 Å². The summed E-state index contributed by atoms with van der Waals surface area (Å²) in [7, 11) is 1.36. The van der Waals surface area contributed by atoms with Crippen LogP contribution in [0.2, 0.25) is 0 Å². The smallest absolute Gasteiger partial charge is 0.435 e. The monoisotopic (exact) mass is 347 g/mol. The highest BCUT2D eigenvalue weighted by Gasteiger charge is 2.42. The molecule has 0 bridgehead atoms. The molecule has 1 saturated heterocycles. The van der Waals surface area contributed by atoms with Crippen molar-refractivity contribution >= 4 is 11.9 Å². The molecule has 1 amide bonds. The van der Waals surface area contributed by atoms with Gasteiger partial charge in [-0.2, -0.15) is 18.3 Å². The summed E-state index contributed by atoms with van der Waals surface area (Å²) in [5.41, 5.74) is -1.21. The Hall–Kier alpha value is -2.06. The summed E-state index contributed by atoms with van der Waals surface area (Å²) in [6.45, 7) is 4.45. The van der Waals surface area contributed by atoms with Gasteiger partial charge >= 0.3 is 12.1 Å². The first kappa shape index (κ1) is 18.3. The molecule has 1 N–H and O–H groups in total. The highest BCUT2D eigenvalue weighted by atomic mass is 19.4. The van der Waals surface area contributed by atoms with Crippen LogP contribution in [0.5, 0.6) is 0 Å². The first-order chi connectivity index (χ1) is 10.9. The van der Waals surface area contributed by atoms with E-state index in [-0.39, 0.29) is 35.8 Å². The first-order valence-electron chi connectivity index (χ1n) is 7.50. The van der Waals surface area contributed by atoms with Gasteiger partial charge in [0.25, 0.3) is 0 Å². The van der Waals surface area contributed by atoms with Gasteiger partial charge in [-0.25, -0.2) is 0 Å². The fourth-order valence-corrected chi connectivity index (χ4v) is 3.02. The van der Waals surface area contributed by atoms with E-state index >= 15 is 0 Å². The van der Waals surface area contributed by atoms with Crippen molar-refractivity contribution in [1.29, 1.82) is 0 Å². The Morgan fingerprint density at radius 1 is 1.42 bits per heavy atom. The van der Waals surface area contributed by atoms with Gasteiger partial charge in [-0.15, -0.1) is 0 Å². The number of amides is 1. The van der Waals surface area contributed by atoms with Gasteiger partial charge in [-0.05, 0) is 17.4 Å². The molecular formula is C15H20F3N3O3. The van der Waals surface area contributed by atoms with Gasteiger partial charge in [-0.3, -0.25) is 14.3 Å². The minimum absolute atomic E-state index is 0.0410. The summed E-state index contributed by atoms with van der Waals surface area (Å²) >= 11 is 0. The zero-order valence-electron chi connectivity index (χ0n) is 13.7. The third-order valence-electron chi connectivity index (χ3n) is 4.52. The fourth-order valence-electron chi connectivity index (χ4n) is 3.02. The third-order valence-corrected chi connectivity index (χ3v) is 4.52. The maximum Gasteiger partial charge on any atom is 0.435 e. The number of rotatable bonds is 4. The average molecular weight is 347 g/mol. The van der Waals surface area contributed by atoms with Gasteiger partial charge in [0.1, 0.15) is 0 Å². The summed E-state index contributed by atoms with van der Waals surface area (Å²) in [5.74, 6) is -1.44. The molecule has 0 aliphatic carbocycles. The van der Waals surface area contributed by atoms with Crippen LogP contribution in [-0.2, 0) is 29.2 Å². The molecule has 0 saturated carbocycles. The third kappa shape index (κ3) is 3.88. The number of aryl methyl sites for hydroxylation is 1. The van der Waals surface area contributed by atoms with Crippen LogP contribution in [0.3, 0.4) is 0 Å². The molecule has 1 aliphatic rings. The Balaban J connectivity index is 2.08. The van der Waals surface area contributed by atoms with Crippen LogP contribution in [0.25, 0.3) is 0 Å². The predicted molar refractivity (Wildman–Crippen MR) is 78.0 cm³/mol. The van der Waals surface area contributed by atoms with Crippen molar-refractivity contribution in [2.45, 2.75) is 32.9 Å². The Labute approximate surface area is 137 Å². The number of halogens is 3. The van der Waals surface area contributed by atoms with Crippen LogP contribution < -0.4 is 0 Å². The molecule has 24 heavy (non-hydrogen) atoms. The van der Waals surface area contributed by atoms with Crippen LogP contribution in [0.1, 0.15) is 31.7 Å². The lowest BCUT2D eigenvalue weighted by Crippen LogP contribution is -2.32. The number of alkyl halides is 3. The molecule has 1 aromatic rings. The number of carboxylic acids is 1. The lowest BCUT2D eigenvalue weighted by molar-refractivity contribution is -0.141. The molecule has 0 radical (unpaired) electrons. The normalized spacial score (nSPS) is 20.4. The SMILES string of the molecule is Cn1nc(C(F)(F)F)cc1CC(=O)N1CC(CC(=O)O)C(C)(C)C1. The van der Waals surface area contributed by atoms with E-state index in [0.29, 0.717) is 13.1 Å². The maximum absolute atomic E-state index is 12.7. The van der Waals surface area contributed by atoms with Crippen LogP contribution in [0.15, 0.2) is 6.07 Å². The minimum Gasteiger partial charge on any atom is -0.481 e. The largest absolute Gasteiger partial charge is 0.481 e. The highest BCUT2D eigenvalue weighted by Crippen LogP contribution is 2.37. The number of aliphatic carboxylic acids is 1. The number of carbonyl (C=O) groups excluding carboxylic acids is 1. The number of carbonyl (C=O) groups is 2. The van der Waals surface area contributed by atoms with E-state index in [1.807, 2.05) is 13.8 Å². The minimum atomic E-state index is -4.55. The molecule has 1 aliphatic heterocycles. The molecule has 6 nitrogen and oxygen atoms in total. The van der Waals surface area contributed by atoms with Gasteiger partial charge in [0.2, 0.25) is 5.91 Å². The maximum atomic E-state index is 12.7. The van der Waals surface area contributed by atoms with Crippen molar-refractivity contribution in [2.75, 3.05) is 13.1 Å². The molecule has 1 fully saturated rings. The Morgan fingerprint density at radius 3 is 2.54 bits per heavy atom. The molecule has 2 heterocycles. The number of nitrogens with zero attached hydrogens (tertiary/aromatic N) is 3. The van der Waals surface area contributed by atoms with E-state index in [0.717, 1.165) is 10.7 Å². The zero-order valence-corrected chi connectivity index (χ0v) is 13.7. The summed E-state index contributed by atoms with van der Waals surface area (Å²) < 4.78 is 39.1. The topological polar surface area (TPSA) is 75.4 Å². The number of aromatic nitrogens is 2. The Morgan fingerprint density at radius 2 is 2.04 bits per heavy atom. The van der Waals surface area contributed by atoms with Crippen molar-refractivity contribution in [1.82, 2.24) is 14.7 Å². The van der Waals surface area contributed by atoms with Gasteiger partial charge < -0.3 is 10.0 Å². The van der Waals surface area contributed by atoms with E-state index in [1.165, 1.54) is 11.9 Å². The van der Waals surface area contributed by atoms with Crippen molar-refractivity contribution in [3.8, 4) is 0 Å². The first-order valence-corrected chi connectivity index (χ1v) is 7.50. The highest BCUT2D eigenvalue weighted by molar-refractivity contribution is 5.79. The molecule has 1 unspecified atom stereocenters. The van der Waals surface area contributed by atoms with E-state index in [2.05, 4.69) is 5.10 Å². The van der Waals surface area contributed by atoms with Gasteiger partial charge in [0.15, 0.2) is 5.69 Å². The predicted octanol–water partition coefficient (Wildman–Crippen LogP) is 1.94. The molecule has 1 aromatic heterocycles. The molecule has 1 atom stereocenters. The molecule has 9 heteroatoms. The van der Waals surface area contributed by atoms with Crippen LogP contribution in [0.4, 0.5) is 13.2 Å². The average Bonchev–Trinajstić information content (AvgIpc) is 2.90. The summed E-state index contributed by atoms with van der Waals surface area (Å²) in [5, 5.41) is 12.3. The van der Waals surface area contributed by atoms with Crippen LogP contribution in [0, 0.1) is 11.3 Å². The molecule has 134 valence electrons. The van der Waals surface area contributed by atoms with Crippen LogP contribution in [-0.4, -0.2) is 44.8 Å². The van der Waals surface area contributed by atoms with Gasteiger partial charge in [0.05, 0.1) is 12.8 Å². The van der Waals surface area contributed by atoms with E-state index < -0.39 is 17.8 Å². The second kappa shape index (κ2) is 6.10. The number of hydrogen-bond acceptors (Lipinski definition) is 3. The summed E-state index contributed by atoms with van der Waals surface area (Å²) in [6.07, 6.45) is -4.79. The van der Waals surface area contributed by atoms with Crippen molar-refractivity contribution in [2.24, 2.45) is 18.4 Å². The zero-order chi connectivity index (χ0) is 18.3.